The monoisotopic (exact) mass is 307 g/mol. The zero-order chi connectivity index (χ0) is 15.8. The summed E-state index contributed by atoms with van der Waals surface area (Å²) in [6, 6.07) is 6.65. The van der Waals surface area contributed by atoms with E-state index in [0.29, 0.717) is 11.0 Å². The lowest BCUT2D eigenvalue weighted by molar-refractivity contribution is 0.295. The Morgan fingerprint density at radius 1 is 1.33 bits per heavy atom. The van der Waals surface area contributed by atoms with Crippen molar-refractivity contribution >= 4 is 22.9 Å². The minimum Gasteiger partial charge on any atom is -0.389 e. The summed E-state index contributed by atoms with van der Waals surface area (Å²) in [5.74, 6) is 0. The normalized spacial score (nSPS) is 12.4. The second kappa shape index (κ2) is 9.00. The summed E-state index contributed by atoms with van der Waals surface area (Å²) in [5.41, 5.74) is 8.92. The molecule has 1 atom stereocenters. The first-order chi connectivity index (χ1) is 9.97. The molecule has 1 aromatic carbocycles. The predicted octanol–water partition coefficient (Wildman–Crippen LogP) is 3.55. The molecule has 0 aliphatic rings. The third-order valence-electron chi connectivity index (χ3n) is 3.91. The van der Waals surface area contributed by atoms with Crippen molar-refractivity contribution in [3.05, 3.63) is 29.3 Å². The summed E-state index contributed by atoms with van der Waals surface area (Å²) < 4.78 is 0. The Bertz CT molecular complexity index is 455. The minimum absolute atomic E-state index is 0.464. The van der Waals surface area contributed by atoms with Gasteiger partial charge in [-0.05, 0) is 70.1 Å². The number of nitrogens with two attached hydrogens (primary N) is 1. The summed E-state index contributed by atoms with van der Waals surface area (Å²) >= 11 is 5.04. The van der Waals surface area contributed by atoms with Crippen LogP contribution in [0.3, 0.4) is 0 Å². The molecule has 0 aliphatic carbocycles. The maximum atomic E-state index is 5.69. The van der Waals surface area contributed by atoms with Crippen molar-refractivity contribution in [3.63, 3.8) is 0 Å². The maximum absolute atomic E-state index is 5.69. The Labute approximate surface area is 134 Å². The molecule has 0 saturated carbocycles. The summed E-state index contributed by atoms with van der Waals surface area (Å²) in [6.45, 7) is 12.2. The number of rotatable bonds is 9. The van der Waals surface area contributed by atoms with Crippen LogP contribution in [0.2, 0.25) is 0 Å². The van der Waals surface area contributed by atoms with Gasteiger partial charge in [0.2, 0.25) is 0 Å². The Morgan fingerprint density at radius 3 is 2.52 bits per heavy atom. The van der Waals surface area contributed by atoms with E-state index in [0.717, 1.165) is 29.9 Å². The highest BCUT2D eigenvalue weighted by molar-refractivity contribution is 7.80. The largest absolute Gasteiger partial charge is 0.389 e. The SMILES string of the molecule is CCN(CC)CCCC(C)Nc1ccc(C(N)=S)c(C)c1. The first kappa shape index (κ1) is 17.9. The van der Waals surface area contributed by atoms with Crippen LogP contribution in [-0.2, 0) is 0 Å². The number of nitrogens with zero attached hydrogens (tertiary/aromatic N) is 1. The van der Waals surface area contributed by atoms with Crippen LogP contribution in [0.5, 0.6) is 0 Å². The van der Waals surface area contributed by atoms with E-state index >= 15 is 0 Å². The van der Waals surface area contributed by atoms with Crippen molar-refractivity contribution in [2.75, 3.05) is 25.0 Å². The fraction of sp³-hybridized carbons (Fsp3) is 0.588. The number of hydrogen-bond acceptors (Lipinski definition) is 3. The van der Waals surface area contributed by atoms with Crippen LogP contribution in [-0.4, -0.2) is 35.6 Å². The second-order valence-corrected chi connectivity index (χ2v) is 6.05. The lowest BCUT2D eigenvalue weighted by Crippen LogP contribution is -2.25. The van der Waals surface area contributed by atoms with Crippen LogP contribution < -0.4 is 11.1 Å². The van der Waals surface area contributed by atoms with E-state index in [1.165, 1.54) is 19.4 Å². The van der Waals surface area contributed by atoms with E-state index in [4.69, 9.17) is 18.0 Å². The smallest absolute Gasteiger partial charge is 0.104 e. The highest BCUT2D eigenvalue weighted by Crippen LogP contribution is 2.17. The number of nitrogens with one attached hydrogen (secondary N) is 1. The van der Waals surface area contributed by atoms with E-state index in [1.54, 1.807) is 0 Å². The van der Waals surface area contributed by atoms with Gasteiger partial charge in [0.25, 0.3) is 0 Å². The van der Waals surface area contributed by atoms with Crippen LogP contribution in [0.4, 0.5) is 5.69 Å². The van der Waals surface area contributed by atoms with Crippen LogP contribution in [0.1, 0.15) is 44.7 Å². The average molecular weight is 308 g/mol. The lowest BCUT2D eigenvalue weighted by Gasteiger charge is -2.20. The van der Waals surface area contributed by atoms with Crippen LogP contribution >= 0.6 is 12.2 Å². The van der Waals surface area contributed by atoms with Crippen LogP contribution in [0, 0.1) is 6.92 Å². The van der Waals surface area contributed by atoms with Crippen molar-refractivity contribution in [2.45, 2.75) is 46.6 Å². The summed E-state index contributed by atoms with van der Waals surface area (Å²) in [6.07, 6.45) is 2.40. The van der Waals surface area contributed by atoms with Gasteiger partial charge >= 0.3 is 0 Å². The molecule has 0 fully saturated rings. The van der Waals surface area contributed by atoms with Crippen molar-refractivity contribution < 1.29 is 0 Å². The number of anilines is 1. The molecule has 21 heavy (non-hydrogen) atoms. The van der Waals surface area contributed by atoms with Crippen LogP contribution in [0.15, 0.2) is 18.2 Å². The van der Waals surface area contributed by atoms with E-state index in [1.807, 2.05) is 13.0 Å². The first-order valence-electron chi connectivity index (χ1n) is 7.87. The third kappa shape index (κ3) is 6.02. The predicted molar refractivity (Wildman–Crippen MR) is 97.2 cm³/mol. The average Bonchev–Trinajstić information content (AvgIpc) is 2.43. The maximum Gasteiger partial charge on any atom is 0.104 e. The molecule has 0 aromatic heterocycles. The molecule has 0 amide bonds. The third-order valence-corrected chi connectivity index (χ3v) is 4.13. The van der Waals surface area contributed by atoms with Crippen molar-refractivity contribution in [3.8, 4) is 0 Å². The molecule has 0 saturated heterocycles. The van der Waals surface area contributed by atoms with Gasteiger partial charge in [-0.2, -0.15) is 0 Å². The van der Waals surface area contributed by atoms with Gasteiger partial charge in [0, 0.05) is 17.3 Å². The molecule has 1 rings (SSSR count). The fourth-order valence-electron chi connectivity index (χ4n) is 2.55. The van der Waals surface area contributed by atoms with Gasteiger partial charge in [0.05, 0.1) is 0 Å². The molecule has 3 nitrogen and oxygen atoms in total. The zero-order valence-electron chi connectivity index (χ0n) is 13.8. The first-order valence-corrected chi connectivity index (χ1v) is 8.28. The van der Waals surface area contributed by atoms with Crippen molar-refractivity contribution in [1.82, 2.24) is 4.90 Å². The summed E-state index contributed by atoms with van der Waals surface area (Å²) in [5, 5.41) is 3.56. The van der Waals surface area contributed by atoms with Gasteiger partial charge in [0.1, 0.15) is 4.99 Å². The Morgan fingerprint density at radius 2 is 2.00 bits per heavy atom. The van der Waals surface area contributed by atoms with E-state index < -0.39 is 0 Å². The van der Waals surface area contributed by atoms with Crippen LogP contribution in [0.25, 0.3) is 0 Å². The van der Waals surface area contributed by atoms with E-state index in [2.05, 4.69) is 43.1 Å². The second-order valence-electron chi connectivity index (χ2n) is 5.61. The molecule has 0 radical (unpaired) electrons. The quantitative estimate of drug-likeness (QED) is 0.685. The van der Waals surface area contributed by atoms with Crippen molar-refractivity contribution in [1.29, 1.82) is 0 Å². The standard InChI is InChI=1S/C17H29N3S/c1-5-20(6-2)11-7-8-14(4)19-15-9-10-16(17(18)21)13(3)12-15/h9-10,12,14,19H,5-8,11H2,1-4H3,(H2,18,21). The molecule has 3 N–H and O–H groups in total. The molecule has 1 unspecified atom stereocenters. The molecule has 0 aliphatic heterocycles. The van der Waals surface area contributed by atoms with Gasteiger partial charge in [-0.3, -0.25) is 0 Å². The van der Waals surface area contributed by atoms with Gasteiger partial charge in [-0.1, -0.05) is 26.1 Å². The summed E-state index contributed by atoms with van der Waals surface area (Å²) in [7, 11) is 0. The molecule has 0 spiro atoms. The summed E-state index contributed by atoms with van der Waals surface area (Å²) in [4.78, 5) is 2.93. The Balaban J connectivity index is 2.46. The zero-order valence-corrected chi connectivity index (χ0v) is 14.6. The van der Waals surface area contributed by atoms with Gasteiger partial charge in [0.15, 0.2) is 0 Å². The van der Waals surface area contributed by atoms with E-state index in [-0.39, 0.29) is 0 Å². The molecular weight excluding hydrogens is 278 g/mol. The van der Waals surface area contributed by atoms with Gasteiger partial charge < -0.3 is 16.0 Å². The van der Waals surface area contributed by atoms with Gasteiger partial charge in [-0.25, -0.2) is 0 Å². The fourth-order valence-corrected chi connectivity index (χ4v) is 2.78. The number of hydrogen-bond donors (Lipinski definition) is 2. The van der Waals surface area contributed by atoms with E-state index in [9.17, 15) is 0 Å². The highest BCUT2D eigenvalue weighted by Gasteiger charge is 2.06. The Hall–Kier alpha value is -1.13. The number of aryl methyl sites for hydroxylation is 1. The number of benzene rings is 1. The van der Waals surface area contributed by atoms with Crippen molar-refractivity contribution in [2.24, 2.45) is 5.73 Å². The highest BCUT2D eigenvalue weighted by atomic mass is 32.1. The Kier molecular flexibility index (Phi) is 7.68. The minimum atomic E-state index is 0.464. The lowest BCUT2D eigenvalue weighted by atomic mass is 10.1. The molecule has 4 heteroatoms. The molecule has 1 aromatic rings. The number of thiocarbonyl (C=S) groups is 1. The molecular formula is C17H29N3S. The van der Waals surface area contributed by atoms with Gasteiger partial charge in [-0.15, -0.1) is 0 Å². The molecule has 118 valence electrons. The molecule has 0 bridgehead atoms. The topological polar surface area (TPSA) is 41.3 Å². The molecule has 0 heterocycles.